The zero-order chi connectivity index (χ0) is 15.3. The number of carbonyl (C=O) groups excluding carboxylic acids is 1. The molecule has 2 heterocycles. The quantitative estimate of drug-likeness (QED) is 0.620. The van der Waals surface area contributed by atoms with Crippen molar-refractivity contribution in [3.05, 3.63) is 24.0 Å². The van der Waals surface area contributed by atoms with Gasteiger partial charge in [0.05, 0.1) is 0 Å². The SMILES string of the molecule is O=C1NCCCC1NS(=O)(=O)c1cncc(C#CCO)c1. The average molecular weight is 309 g/mol. The number of rotatable bonds is 3. The number of aliphatic hydroxyl groups excluding tert-OH is 1. The molecule has 1 atom stereocenters. The number of hydrogen-bond donors (Lipinski definition) is 3. The number of nitrogens with one attached hydrogen (secondary N) is 2. The van der Waals surface area contributed by atoms with E-state index >= 15 is 0 Å². The first-order chi connectivity index (χ1) is 10.0. The van der Waals surface area contributed by atoms with Gasteiger partial charge in [-0.2, -0.15) is 4.72 Å². The van der Waals surface area contributed by atoms with Gasteiger partial charge in [-0.05, 0) is 18.9 Å². The molecule has 0 spiro atoms. The average Bonchev–Trinajstić information content (AvgIpc) is 2.48. The van der Waals surface area contributed by atoms with Crippen LogP contribution in [0.15, 0.2) is 23.4 Å². The van der Waals surface area contributed by atoms with E-state index in [-0.39, 0.29) is 17.4 Å². The highest BCUT2D eigenvalue weighted by atomic mass is 32.2. The molecule has 0 bridgehead atoms. The van der Waals surface area contributed by atoms with Crippen LogP contribution in [0.4, 0.5) is 0 Å². The highest BCUT2D eigenvalue weighted by Crippen LogP contribution is 2.12. The smallest absolute Gasteiger partial charge is 0.242 e. The van der Waals surface area contributed by atoms with E-state index in [0.29, 0.717) is 18.5 Å². The summed E-state index contributed by atoms with van der Waals surface area (Å²) in [5.41, 5.74) is 0.375. The van der Waals surface area contributed by atoms with Gasteiger partial charge in [-0.3, -0.25) is 9.78 Å². The Kier molecular flexibility index (Phi) is 4.90. The number of nitrogens with zero attached hydrogens (tertiary/aromatic N) is 1. The molecule has 1 aliphatic rings. The van der Waals surface area contributed by atoms with E-state index in [9.17, 15) is 13.2 Å². The van der Waals surface area contributed by atoms with Gasteiger partial charge in [0.15, 0.2) is 0 Å². The van der Waals surface area contributed by atoms with E-state index in [1.807, 2.05) is 0 Å². The molecule has 1 saturated heterocycles. The number of aromatic nitrogens is 1. The Labute approximate surface area is 122 Å². The van der Waals surface area contributed by atoms with Crippen LogP contribution >= 0.6 is 0 Å². The van der Waals surface area contributed by atoms with Crippen LogP contribution in [0.3, 0.4) is 0 Å². The van der Waals surface area contributed by atoms with Gasteiger partial charge >= 0.3 is 0 Å². The van der Waals surface area contributed by atoms with Crippen LogP contribution in [-0.2, 0) is 14.8 Å². The molecule has 0 aromatic carbocycles. The van der Waals surface area contributed by atoms with E-state index in [0.717, 1.165) is 6.42 Å². The molecule has 1 aliphatic heterocycles. The van der Waals surface area contributed by atoms with Crippen molar-refractivity contribution in [2.45, 2.75) is 23.8 Å². The number of piperidine rings is 1. The molecule has 112 valence electrons. The molecule has 21 heavy (non-hydrogen) atoms. The van der Waals surface area contributed by atoms with Gasteiger partial charge in [-0.25, -0.2) is 8.42 Å². The number of pyridine rings is 1. The Hall–Kier alpha value is -1.95. The van der Waals surface area contributed by atoms with Crippen molar-refractivity contribution in [1.82, 2.24) is 15.0 Å². The number of aliphatic hydroxyl groups is 1. The molecule has 1 amide bonds. The Balaban J connectivity index is 2.21. The zero-order valence-electron chi connectivity index (χ0n) is 11.2. The van der Waals surface area contributed by atoms with Gasteiger partial charge in [-0.15, -0.1) is 0 Å². The fourth-order valence-corrected chi connectivity index (χ4v) is 3.13. The lowest BCUT2D eigenvalue weighted by atomic mass is 10.1. The van der Waals surface area contributed by atoms with Gasteiger partial charge in [-0.1, -0.05) is 11.8 Å². The van der Waals surface area contributed by atoms with Gasteiger partial charge < -0.3 is 10.4 Å². The van der Waals surface area contributed by atoms with Crippen LogP contribution in [0, 0.1) is 11.8 Å². The fraction of sp³-hybridized carbons (Fsp3) is 0.385. The molecule has 0 radical (unpaired) electrons. The topological polar surface area (TPSA) is 108 Å². The lowest BCUT2D eigenvalue weighted by molar-refractivity contribution is -0.124. The third kappa shape index (κ3) is 4.01. The molecule has 1 aromatic heterocycles. The van der Waals surface area contributed by atoms with Crippen LogP contribution in [0.2, 0.25) is 0 Å². The lowest BCUT2D eigenvalue weighted by Crippen LogP contribution is -2.50. The van der Waals surface area contributed by atoms with Crippen LogP contribution in [0.25, 0.3) is 0 Å². The Morgan fingerprint density at radius 3 is 3.00 bits per heavy atom. The van der Waals surface area contributed by atoms with Crippen LogP contribution < -0.4 is 10.0 Å². The first kappa shape index (κ1) is 15.4. The molecule has 1 aromatic rings. The summed E-state index contributed by atoms with van der Waals surface area (Å²) in [4.78, 5) is 15.4. The van der Waals surface area contributed by atoms with Crippen molar-refractivity contribution >= 4 is 15.9 Å². The summed E-state index contributed by atoms with van der Waals surface area (Å²) in [7, 11) is -3.84. The van der Waals surface area contributed by atoms with Crippen molar-refractivity contribution in [3.63, 3.8) is 0 Å². The van der Waals surface area contributed by atoms with Crippen molar-refractivity contribution in [2.75, 3.05) is 13.2 Å². The first-order valence-electron chi connectivity index (χ1n) is 6.38. The van der Waals surface area contributed by atoms with Gasteiger partial charge in [0.1, 0.15) is 17.5 Å². The van der Waals surface area contributed by atoms with Crippen molar-refractivity contribution in [2.24, 2.45) is 0 Å². The minimum atomic E-state index is -3.84. The summed E-state index contributed by atoms with van der Waals surface area (Å²) in [6.45, 7) is 0.238. The summed E-state index contributed by atoms with van der Waals surface area (Å²) in [6.07, 6.45) is 3.77. The first-order valence-corrected chi connectivity index (χ1v) is 7.86. The maximum absolute atomic E-state index is 12.2. The predicted molar refractivity (Wildman–Crippen MR) is 74.6 cm³/mol. The molecular weight excluding hydrogens is 294 g/mol. The Morgan fingerprint density at radius 1 is 1.48 bits per heavy atom. The third-order valence-electron chi connectivity index (χ3n) is 2.92. The molecule has 1 unspecified atom stereocenters. The minimum absolute atomic E-state index is 0.0642. The standard InChI is InChI=1S/C13H15N3O4S/c17-6-2-3-10-7-11(9-14-8-10)21(19,20)16-12-4-1-5-15-13(12)18/h7-9,12,16-17H,1,4-6H2,(H,15,18). The molecule has 0 saturated carbocycles. The van der Waals surface area contributed by atoms with Crippen LogP contribution in [0.5, 0.6) is 0 Å². The monoisotopic (exact) mass is 309 g/mol. The largest absolute Gasteiger partial charge is 0.384 e. The number of carbonyl (C=O) groups is 1. The Morgan fingerprint density at radius 2 is 2.29 bits per heavy atom. The molecule has 1 fully saturated rings. The Bertz CT molecular complexity index is 691. The van der Waals surface area contributed by atoms with Crippen molar-refractivity contribution < 1.29 is 18.3 Å². The van der Waals surface area contributed by atoms with Gasteiger partial charge in [0.2, 0.25) is 15.9 Å². The van der Waals surface area contributed by atoms with Crippen LogP contribution in [-0.4, -0.2) is 43.6 Å². The maximum atomic E-state index is 12.2. The summed E-state index contributed by atoms with van der Waals surface area (Å²) in [5, 5.41) is 11.2. The van der Waals surface area contributed by atoms with E-state index in [4.69, 9.17) is 5.11 Å². The van der Waals surface area contributed by atoms with Gasteiger partial charge in [0, 0.05) is 24.5 Å². The van der Waals surface area contributed by atoms with E-state index in [1.54, 1.807) is 0 Å². The molecule has 3 N–H and O–H groups in total. The maximum Gasteiger partial charge on any atom is 0.242 e. The second-order valence-corrected chi connectivity index (χ2v) is 6.19. The zero-order valence-corrected chi connectivity index (χ0v) is 12.0. The molecule has 0 aliphatic carbocycles. The summed E-state index contributed by atoms with van der Waals surface area (Å²) >= 11 is 0. The molecule has 8 heteroatoms. The second-order valence-electron chi connectivity index (χ2n) is 4.48. The third-order valence-corrected chi connectivity index (χ3v) is 4.36. The predicted octanol–water partition coefficient (Wildman–Crippen LogP) is -1.02. The fourth-order valence-electron chi connectivity index (χ4n) is 1.92. The van der Waals surface area contributed by atoms with E-state index in [1.165, 1.54) is 18.5 Å². The lowest BCUT2D eigenvalue weighted by Gasteiger charge is -2.22. The molecular formula is C13H15N3O4S. The van der Waals surface area contributed by atoms with Crippen molar-refractivity contribution in [3.8, 4) is 11.8 Å². The molecule has 2 rings (SSSR count). The van der Waals surface area contributed by atoms with E-state index in [2.05, 4.69) is 26.9 Å². The highest BCUT2D eigenvalue weighted by molar-refractivity contribution is 7.89. The number of amides is 1. The molecule has 7 nitrogen and oxygen atoms in total. The summed E-state index contributed by atoms with van der Waals surface area (Å²) < 4.78 is 26.9. The van der Waals surface area contributed by atoms with Crippen LogP contribution in [0.1, 0.15) is 18.4 Å². The normalized spacial score (nSPS) is 18.5. The second kappa shape index (κ2) is 6.67. The van der Waals surface area contributed by atoms with Gasteiger partial charge in [0.25, 0.3) is 0 Å². The highest BCUT2D eigenvalue weighted by Gasteiger charge is 2.27. The number of hydrogen-bond acceptors (Lipinski definition) is 5. The number of sulfonamides is 1. The summed E-state index contributed by atoms with van der Waals surface area (Å²) in [5.74, 6) is 4.68. The minimum Gasteiger partial charge on any atom is -0.384 e. The summed E-state index contributed by atoms with van der Waals surface area (Å²) in [6, 6.07) is 0.578. The van der Waals surface area contributed by atoms with E-state index < -0.39 is 16.1 Å². The van der Waals surface area contributed by atoms with Crippen molar-refractivity contribution in [1.29, 1.82) is 0 Å².